The topological polar surface area (TPSA) is 94.2 Å². The zero-order valence-electron chi connectivity index (χ0n) is 18.5. The fourth-order valence-electron chi connectivity index (χ4n) is 4.03. The summed E-state index contributed by atoms with van der Waals surface area (Å²) in [5.41, 5.74) is 1.98. The second kappa shape index (κ2) is 8.90. The van der Waals surface area contributed by atoms with E-state index in [0.29, 0.717) is 42.8 Å². The summed E-state index contributed by atoms with van der Waals surface area (Å²) in [6.07, 6.45) is 0. The van der Waals surface area contributed by atoms with Crippen LogP contribution in [-0.4, -0.2) is 37.5 Å². The number of nitrogens with zero attached hydrogens (tertiary/aromatic N) is 1. The van der Waals surface area contributed by atoms with Crippen LogP contribution < -0.4 is 24.4 Å². The lowest BCUT2D eigenvalue weighted by atomic mass is 10.1. The van der Waals surface area contributed by atoms with Crippen LogP contribution in [0.4, 0.5) is 5.69 Å². The monoisotopic (exact) mass is 458 g/mol. The molecule has 0 aromatic heterocycles. The predicted octanol–water partition coefficient (Wildman–Crippen LogP) is 3.59. The molecule has 3 aromatic rings. The molecule has 8 heteroatoms. The fourth-order valence-corrected chi connectivity index (χ4v) is 4.03. The lowest BCUT2D eigenvalue weighted by Gasteiger charge is -2.21. The van der Waals surface area contributed by atoms with Gasteiger partial charge < -0.3 is 19.5 Å². The summed E-state index contributed by atoms with van der Waals surface area (Å²) in [5.74, 6) is 0.657. The number of benzene rings is 3. The normalized spacial score (nSPS) is 14.1. The van der Waals surface area contributed by atoms with Gasteiger partial charge in [0.25, 0.3) is 17.7 Å². The Kier molecular flexibility index (Phi) is 5.63. The summed E-state index contributed by atoms with van der Waals surface area (Å²) in [6, 6.07) is 16.8. The average molecular weight is 458 g/mol. The zero-order chi connectivity index (χ0) is 23.7. The van der Waals surface area contributed by atoms with Crippen LogP contribution >= 0.6 is 0 Å². The van der Waals surface area contributed by atoms with Crippen molar-refractivity contribution in [3.8, 4) is 17.2 Å². The van der Waals surface area contributed by atoms with Gasteiger partial charge >= 0.3 is 0 Å². The van der Waals surface area contributed by atoms with Crippen molar-refractivity contribution in [3.05, 3.63) is 82.9 Å². The van der Waals surface area contributed by atoms with Gasteiger partial charge in [0.05, 0.1) is 23.4 Å². The SMILES string of the molecule is CCOc1ccc(N2C(=O)c3ccc(C(=O)NCc4cccc5c4OCCO5)cc3C2=O)cc1. The average Bonchev–Trinajstić information content (AvgIpc) is 3.12. The minimum absolute atomic E-state index is 0.195. The van der Waals surface area contributed by atoms with Gasteiger partial charge in [-0.05, 0) is 55.5 Å². The molecule has 172 valence electrons. The van der Waals surface area contributed by atoms with Crippen LogP contribution in [-0.2, 0) is 6.54 Å². The van der Waals surface area contributed by atoms with Gasteiger partial charge in [0, 0.05) is 17.7 Å². The Labute approximate surface area is 196 Å². The van der Waals surface area contributed by atoms with Crippen LogP contribution in [0.5, 0.6) is 17.2 Å². The number of hydrogen-bond acceptors (Lipinski definition) is 6. The number of imide groups is 1. The van der Waals surface area contributed by atoms with Crippen molar-refractivity contribution in [1.29, 1.82) is 0 Å². The molecule has 0 saturated heterocycles. The summed E-state index contributed by atoms with van der Waals surface area (Å²) in [5, 5.41) is 2.85. The summed E-state index contributed by atoms with van der Waals surface area (Å²) in [4.78, 5) is 39.9. The van der Waals surface area contributed by atoms with Crippen molar-refractivity contribution in [2.75, 3.05) is 24.7 Å². The quantitative estimate of drug-likeness (QED) is 0.568. The minimum atomic E-state index is -0.471. The van der Waals surface area contributed by atoms with Crippen LogP contribution in [0.3, 0.4) is 0 Å². The molecular weight excluding hydrogens is 436 g/mol. The number of carbonyl (C=O) groups excluding carboxylic acids is 3. The van der Waals surface area contributed by atoms with Crippen molar-refractivity contribution in [2.24, 2.45) is 0 Å². The highest BCUT2D eigenvalue weighted by molar-refractivity contribution is 6.34. The van der Waals surface area contributed by atoms with Crippen molar-refractivity contribution in [2.45, 2.75) is 13.5 Å². The molecule has 0 fully saturated rings. The highest BCUT2D eigenvalue weighted by Gasteiger charge is 2.37. The molecule has 0 bridgehead atoms. The van der Waals surface area contributed by atoms with Gasteiger partial charge in [-0.2, -0.15) is 0 Å². The summed E-state index contributed by atoms with van der Waals surface area (Å²) < 4.78 is 16.7. The Morgan fingerprint density at radius 1 is 0.971 bits per heavy atom. The van der Waals surface area contributed by atoms with Gasteiger partial charge in [-0.15, -0.1) is 0 Å². The lowest BCUT2D eigenvalue weighted by molar-refractivity contribution is 0.0923. The largest absolute Gasteiger partial charge is 0.494 e. The number of nitrogens with one attached hydrogen (secondary N) is 1. The highest BCUT2D eigenvalue weighted by Crippen LogP contribution is 2.34. The first-order valence-electron chi connectivity index (χ1n) is 11.0. The van der Waals surface area contributed by atoms with Crippen molar-refractivity contribution in [1.82, 2.24) is 5.32 Å². The molecule has 0 unspecified atom stereocenters. The van der Waals surface area contributed by atoms with Crippen molar-refractivity contribution >= 4 is 23.4 Å². The second-order valence-corrected chi connectivity index (χ2v) is 7.76. The third-order valence-electron chi connectivity index (χ3n) is 5.64. The van der Waals surface area contributed by atoms with Crippen LogP contribution in [0.15, 0.2) is 60.7 Å². The maximum absolute atomic E-state index is 13.0. The van der Waals surface area contributed by atoms with Crippen LogP contribution in [0.2, 0.25) is 0 Å². The highest BCUT2D eigenvalue weighted by atomic mass is 16.6. The number of para-hydroxylation sites is 1. The van der Waals surface area contributed by atoms with E-state index in [1.807, 2.05) is 25.1 Å². The number of rotatable bonds is 6. The van der Waals surface area contributed by atoms with Gasteiger partial charge in [-0.3, -0.25) is 14.4 Å². The Bertz CT molecular complexity index is 1280. The van der Waals surface area contributed by atoms with Crippen molar-refractivity contribution in [3.63, 3.8) is 0 Å². The van der Waals surface area contributed by atoms with E-state index < -0.39 is 11.8 Å². The number of ether oxygens (including phenoxy) is 3. The maximum Gasteiger partial charge on any atom is 0.266 e. The van der Waals surface area contributed by atoms with Gasteiger partial charge in [0.1, 0.15) is 19.0 Å². The first-order chi connectivity index (χ1) is 16.6. The molecule has 0 spiro atoms. The van der Waals surface area contributed by atoms with E-state index in [1.54, 1.807) is 30.3 Å². The molecule has 0 atom stereocenters. The third kappa shape index (κ3) is 3.83. The molecule has 0 aliphatic carbocycles. The molecule has 0 radical (unpaired) electrons. The first kappa shape index (κ1) is 21.5. The smallest absolute Gasteiger partial charge is 0.266 e. The molecule has 8 nitrogen and oxygen atoms in total. The van der Waals surface area contributed by atoms with Crippen LogP contribution in [0.1, 0.15) is 43.6 Å². The van der Waals surface area contributed by atoms with E-state index in [1.165, 1.54) is 12.1 Å². The molecule has 2 aliphatic rings. The minimum Gasteiger partial charge on any atom is -0.494 e. The number of carbonyl (C=O) groups is 3. The number of hydrogen-bond donors (Lipinski definition) is 1. The standard InChI is InChI=1S/C26H22N2O6/c1-2-32-19-9-7-18(8-10-19)28-25(30)20-11-6-16(14-21(20)26(28)31)24(29)27-15-17-4-3-5-22-23(17)34-13-12-33-22/h3-11,14H,2,12-13,15H2,1H3,(H,27,29). The molecule has 3 aromatic carbocycles. The van der Waals surface area contributed by atoms with Gasteiger partial charge in [0.2, 0.25) is 0 Å². The Morgan fingerprint density at radius 3 is 2.53 bits per heavy atom. The van der Waals surface area contributed by atoms with E-state index in [0.717, 1.165) is 10.5 Å². The van der Waals surface area contributed by atoms with Crippen LogP contribution in [0, 0.1) is 0 Å². The number of amides is 3. The third-order valence-corrected chi connectivity index (χ3v) is 5.64. The van der Waals surface area contributed by atoms with Crippen molar-refractivity contribution < 1.29 is 28.6 Å². The molecular formula is C26H22N2O6. The Morgan fingerprint density at radius 2 is 1.74 bits per heavy atom. The van der Waals surface area contributed by atoms with Gasteiger partial charge in [-0.1, -0.05) is 12.1 Å². The van der Waals surface area contributed by atoms with Crippen LogP contribution in [0.25, 0.3) is 0 Å². The summed E-state index contributed by atoms with van der Waals surface area (Å²) >= 11 is 0. The molecule has 3 amide bonds. The second-order valence-electron chi connectivity index (χ2n) is 7.76. The predicted molar refractivity (Wildman–Crippen MR) is 124 cm³/mol. The van der Waals surface area contributed by atoms with E-state index >= 15 is 0 Å². The van der Waals surface area contributed by atoms with Gasteiger partial charge in [-0.25, -0.2) is 4.90 Å². The Hall–Kier alpha value is -4.33. The number of anilines is 1. The molecule has 1 N–H and O–H groups in total. The Balaban J connectivity index is 1.33. The van der Waals surface area contributed by atoms with E-state index in [2.05, 4.69) is 5.32 Å². The van der Waals surface area contributed by atoms with E-state index in [9.17, 15) is 14.4 Å². The fraction of sp³-hybridized carbons (Fsp3) is 0.192. The number of fused-ring (bicyclic) bond motifs is 2. The first-order valence-corrected chi connectivity index (χ1v) is 11.0. The molecule has 2 aliphatic heterocycles. The van der Waals surface area contributed by atoms with E-state index in [4.69, 9.17) is 14.2 Å². The van der Waals surface area contributed by atoms with E-state index in [-0.39, 0.29) is 29.1 Å². The maximum atomic E-state index is 13.0. The van der Waals surface area contributed by atoms with Gasteiger partial charge in [0.15, 0.2) is 11.5 Å². The summed E-state index contributed by atoms with van der Waals surface area (Å²) in [6.45, 7) is 3.56. The molecule has 2 heterocycles. The lowest BCUT2D eigenvalue weighted by Crippen LogP contribution is -2.29. The zero-order valence-corrected chi connectivity index (χ0v) is 18.5. The molecule has 0 saturated carbocycles. The summed E-state index contributed by atoms with van der Waals surface area (Å²) in [7, 11) is 0. The molecule has 34 heavy (non-hydrogen) atoms. The molecule has 5 rings (SSSR count).